The fourth-order valence-electron chi connectivity index (χ4n) is 9.46. The molecule has 7 aromatic carbocycles. The van der Waals surface area contributed by atoms with Crippen molar-refractivity contribution in [2.24, 2.45) is 11.8 Å². The summed E-state index contributed by atoms with van der Waals surface area (Å²) in [6.07, 6.45) is 5.43. The van der Waals surface area contributed by atoms with Crippen LogP contribution >= 0.6 is 0 Å². The third-order valence-corrected chi connectivity index (χ3v) is 12.5. The van der Waals surface area contributed by atoms with Gasteiger partial charge < -0.3 is 0 Å². The fourth-order valence-corrected chi connectivity index (χ4v) is 9.46. The molecule has 61 heavy (non-hydrogen) atoms. The molecule has 11 rings (SSSR count). The van der Waals surface area contributed by atoms with Crippen molar-refractivity contribution in [3.05, 3.63) is 181 Å². The quantitative estimate of drug-likeness (QED) is 0.151. The molecule has 2 bridgehead atoms. The molecule has 7 heteroatoms. The zero-order chi connectivity index (χ0) is 40.7. The first-order chi connectivity index (χ1) is 30.1. The second-order valence-corrected chi connectivity index (χ2v) is 16.3. The number of hydrogen-bond donors (Lipinski definition) is 0. The Morgan fingerprint density at radius 2 is 0.951 bits per heavy atom. The number of nitriles is 1. The number of benzene rings is 7. The van der Waals surface area contributed by atoms with Crippen molar-refractivity contribution in [1.82, 2.24) is 29.9 Å². The van der Waals surface area contributed by atoms with E-state index in [1.165, 1.54) is 31.2 Å². The number of fused-ring (bicyclic) bond motifs is 3. The third-order valence-electron chi connectivity index (χ3n) is 12.5. The maximum Gasteiger partial charge on any atom is 0.164 e. The Labute approximate surface area is 354 Å². The van der Waals surface area contributed by atoms with Crippen molar-refractivity contribution in [3.8, 4) is 85.5 Å². The molecule has 0 saturated heterocycles. The molecule has 2 aliphatic rings. The normalized spacial score (nSPS) is 16.7. The van der Waals surface area contributed by atoms with Crippen LogP contribution in [-0.4, -0.2) is 29.9 Å². The van der Waals surface area contributed by atoms with Gasteiger partial charge >= 0.3 is 0 Å². The molecule has 2 aliphatic carbocycles. The topological polar surface area (TPSA) is 101 Å². The van der Waals surface area contributed by atoms with Crippen LogP contribution in [-0.2, 0) is 0 Å². The number of rotatable bonds is 8. The molecule has 3 unspecified atom stereocenters. The molecule has 9 aromatic rings. The summed E-state index contributed by atoms with van der Waals surface area (Å²) in [4.78, 5) is 30.8. The lowest BCUT2D eigenvalue weighted by atomic mass is 9.83. The zero-order valence-corrected chi connectivity index (χ0v) is 33.4. The van der Waals surface area contributed by atoms with Crippen LogP contribution in [0.15, 0.2) is 170 Å². The highest BCUT2D eigenvalue weighted by molar-refractivity contribution is 5.98. The minimum atomic E-state index is 0.529. The second-order valence-electron chi connectivity index (χ2n) is 16.3. The number of hydrogen-bond acceptors (Lipinski definition) is 7. The zero-order valence-electron chi connectivity index (χ0n) is 33.4. The van der Waals surface area contributed by atoms with Crippen LogP contribution in [0, 0.1) is 23.2 Å². The number of aromatic nitrogens is 6. The van der Waals surface area contributed by atoms with Crippen LogP contribution in [0.25, 0.3) is 90.2 Å². The maximum atomic E-state index is 9.58. The minimum absolute atomic E-state index is 0.529. The summed E-state index contributed by atoms with van der Waals surface area (Å²) in [7, 11) is 0. The van der Waals surface area contributed by atoms with Crippen LogP contribution in [0.2, 0.25) is 0 Å². The lowest BCUT2D eigenvalue weighted by Gasteiger charge is -2.22. The van der Waals surface area contributed by atoms with Gasteiger partial charge in [0.1, 0.15) is 0 Å². The van der Waals surface area contributed by atoms with E-state index in [1.54, 1.807) is 0 Å². The van der Waals surface area contributed by atoms with Gasteiger partial charge in [-0.05, 0) is 94.8 Å². The van der Waals surface area contributed by atoms with Gasteiger partial charge in [0.2, 0.25) is 0 Å². The van der Waals surface area contributed by atoms with Crippen LogP contribution in [0.4, 0.5) is 0 Å². The lowest BCUT2D eigenvalue weighted by Crippen LogP contribution is -2.08. The predicted molar refractivity (Wildman–Crippen MR) is 242 cm³/mol. The Bertz CT molecular complexity index is 3120. The van der Waals surface area contributed by atoms with Crippen LogP contribution in [0.3, 0.4) is 0 Å². The molecule has 3 atom stereocenters. The van der Waals surface area contributed by atoms with Crippen molar-refractivity contribution in [2.45, 2.75) is 31.6 Å². The van der Waals surface area contributed by atoms with E-state index in [9.17, 15) is 5.26 Å². The van der Waals surface area contributed by atoms with Gasteiger partial charge in [-0.15, -0.1) is 0 Å². The van der Waals surface area contributed by atoms with E-state index in [1.807, 2.05) is 115 Å². The number of nitrogens with zero attached hydrogens (tertiary/aromatic N) is 7. The van der Waals surface area contributed by atoms with Gasteiger partial charge in [-0.1, -0.05) is 146 Å². The average Bonchev–Trinajstić information content (AvgIpc) is 3.99. The summed E-state index contributed by atoms with van der Waals surface area (Å²) < 4.78 is 0. The highest BCUT2D eigenvalue weighted by Crippen LogP contribution is 2.53. The average molecular weight is 786 g/mol. The van der Waals surface area contributed by atoms with E-state index < -0.39 is 0 Å². The standard InChI is InChI=1S/C54H39N7/c55-33-35-11-9-17-40(28-35)41-18-10-19-44(30-41)52-57-49(37-12-3-1-4-13-37)58-53(59-52)45-31-42-16-7-8-20-46(42)48(32-45)54-60-50(38-14-5-2-6-15-38)56-51(61-54)39-25-23-36(24-26-39)47-29-34-21-22-43(47)27-34/h1-20,23-26,28,30-32,34,43,47H,21-22,27,29H2. The van der Waals surface area contributed by atoms with Crippen molar-refractivity contribution in [2.75, 3.05) is 0 Å². The summed E-state index contributed by atoms with van der Waals surface area (Å²) >= 11 is 0. The highest BCUT2D eigenvalue weighted by Gasteiger charge is 2.40. The van der Waals surface area contributed by atoms with E-state index in [2.05, 4.69) is 60.7 Å². The van der Waals surface area contributed by atoms with Gasteiger partial charge in [0.15, 0.2) is 34.9 Å². The van der Waals surface area contributed by atoms with Gasteiger partial charge in [0, 0.05) is 33.4 Å². The largest absolute Gasteiger partial charge is 0.208 e. The van der Waals surface area contributed by atoms with Crippen LogP contribution < -0.4 is 0 Å². The first kappa shape index (κ1) is 36.4. The molecule has 2 saturated carbocycles. The van der Waals surface area contributed by atoms with Crippen molar-refractivity contribution in [1.29, 1.82) is 5.26 Å². The van der Waals surface area contributed by atoms with E-state index in [0.717, 1.165) is 67.1 Å². The van der Waals surface area contributed by atoms with Crippen molar-refractivity contribution >= 4 is 10.8 Å². The van der Waals surface area contributed by atoms with E-state index >= 15 is 0 Å². The first-order valence-corrected chi connectivity index (χ1v) is 21.0. The van der Waals surface area contributed by atoms with Crippen molar-refractivity contribution in [3.63, 3.8) is 0 Å². The predicted octanol–water partition coefficient (Wildman–Crippen LogP) is 12.7. The van der Waals surface area contributed by atoms with Crippen molar-refractivity contribution < 1.29 is 0 Å². The summed E-state index contributed by atoms with van der Waals surface area (Å²) in [5.41, 5.74) is 9.21. The maximum absolute atomic E-state index is 9.58. The van der Waals surface area contributed by atoms with Crippen LogP contribution in [0.1, 0.15) is 42.7 Å². The molecule has 290 valence electrons. The van der Waals surface area contributed by atoms with Crippen LogP contribution in [0.5, 0.6) is 0 Å². The molecular formula is C54H39N7. The molecule has 0 N–H and O–H groups in total. The van der Waals surface area contributed by atoms with E-state index in [0.29, 0.717) is 46.4 Å². The molecule has 2 heterocycles. The molecule has 2 aromatic heterocycles. The SMILES string of the molecule is N#Cc1cccc(-c2cccc(-c3nc(-c4ccccc4)nc(-c4cc(-c5nc(-c6ccccc6)nc(-c6ccc(C7CC8CCC7C8)cc6)n5)c5ccccc5c4)n3)c2)c1. The fraction of sp³-hybridized carbons (Fsp3) is 0.130. The molecule has 0 radical (unpaired) electrons. The smallest absolute Gasteiger partial charge is 0.164 e. The second kappa shape index (κ2) is 15.5. The molecule has 2 fully saturated rings. The molecular weight excluding hydrogens is 747 g/mol. The third kappa shape index (κ3) is 7.13. The Morgan fingerprint density at radius 1 is 0.410 bits per heavy atom. The summed E-state index contributed by atoms with van der Waals surface area (Å²) in [6.45, 7) is 0. The Morgan fingerprint density at radius 3 is 1.59 bits per heavy atom. The first-order valence-electron chi connectivity index (χ1n) is 21.0. The minimum Gasteiger partial charge on any atom is -0.208 e. The molecule has 0 spiro atoms. The van der Waals surface area contributed by atoms with Gasteiger partial charge in [-0.2, -0.15) is 5.26 Å². The van der Waals surface area contributed by atoms with E-state index in [-0.39, 0.29) is 0 Å². The lowest BCUT2D eigenvalue weighted by molar-refractivity contribution is 0.420. The molecule has 0 aliphatic heterocycles. The molecule has 7 nitrogen and oxygen atoms in total. The van der Waals surface area contributed by atoms with Gasteiger partial charge in [-0.3, -0.25) is 0 Å². The van der Waals surface area contributed by atoms with Gasteiger partial charge in [-0.25, -0.2) is 29.9 Å². The van der Waals surface area contributed by atoms with E-state index in [4.69, 9.17) is 29.9 Å². The summed E-state index contributed by atoms with van der Waals surface area (Å²) in [6, 6.07) is 59.6. The van der Waals surface area contributed by atoms with Gasteiger partial charge in [0.05, 0.1) is 11.6 Å². The summed E-state index contributed by atoms with van der Waals surface area (Å²) in [5.74, 6) is 5.80. The Kier molecular flexibility index (Phi) is 9.24. The van der Waals surface area contributed by atoms with Gasteiger partial charge in [0.25, 0.3) is 0 Å². The summed E-state index contributed by atoms with van der Waals surface area (Å²) in [5, 5.41) is 11.6. The molecule has 0 amide bonds. The Balaban J connectivity index is 1.06. The monoisotopic (exact) mass is 785 g/mol. The Hall–Kier alpha value is -7.69. The highest BCUT2D eigenvalue weighted by atomic mass is 15.0.